The van der Waals surface area contributed by atoms with Gasteiger partial charge in [-0.05, 0) is 12.1 Å². The van der Waals surface area contributed by atoms with Crippen LogP contribution in [0, 0.1) is 0 Å². The van der Waals surface area contributed by atoms with E-state index in [9.17, 15) is 27.2 Å². The highest BCUT2D eigenvalue weighted by Crippen LogP contribution is 2.29. The second kappa shape index (κ2) is 5.82. The third-order valence-electron chi connectivity index (χ3n) is 3.65. The number of imide groups is 1. The lowest BCUT2D eigenvalue weighted by Gasteiger charge is -2.26. The molecule has 0 radical (unpaired) electrons. The molecule has 0 bridgehead atoms. The zero-order valence-electron chi connectivity index (χ0n) is 12.0. The van der Waals surface area contributed by atoms with Gasteiger partial charge in [0, 0.05) is 5.57 Å². The average Bonchev–Trinajstić information content (AvgIpc) is 2.74. The van der Waals surface area contributed by atoms with E-state index in [1.165, 1.54) is 12.1 Å². The molecule has 1 unspecified atom stereocenters. The molecule has 126 valence electrons. The van der Waals surface area contributed by atoms with Gasteiger partial charge in [0.1, 0.15) is 11.9 Å². The van der Waals surface area contributed by atoms with Crippen molar-refractivity contribution in [3.63, 3.8) is 0 Å². The first-order valence-corrected chi connectivity index (χ1v) is 6.86. The van der Waals surface area contributed by atoms with Crippen molar-refractivity contribution in [1.29, 1.82) is 0 Å². The Balaban J connectivity index is 1.88. The zero-order valence-corrected chi connectivity index (χ0v) is 12.0. The number of alkyl halides is 3. The number of amides is 2. The summed E-state index contributed by atoms with van der Waals surface area (Å²) in [6.07, 6.45) is -5.96. The number of halogens is 4. The molecule has 2 amide bonds. The Kier molecular flexibility index (Phi) is 3.96. The number of rotatable bonds is 3. The van der Waals surface area contributed by atoms with Crippen molar-refractivity contribution >= 4 is 18.0 Å². The summed E-state index contributed by atoms with van der Waals surface area (Å²) in [5, 5.41) is 0. The largest absolute Gasteiger partial charge is 0.523 e. The summed E-state index contributed by atoms with van der Waals surface area (Å²) in [6, 6.07) is 5.95. The summed E-state index contributed by atoms with van der Waals surface area (Å²) in [5.74, 6) is -2.43. The molecule has 0 fully saturated rings. The number of ether oxygens (including phenoxy) is 1. The Morgan fingerprint density at radius 1 is 1.17 bits per heavy atom. The first kappa shape index (κ1) is 16.3. The van der Waals surface area contributed by atoms with Gasteiger partial charge in [-0.3, -0.25) is 24.2 Å². The molecule has 2 heterocycles. The maximum absolute atomic E-state index is 13.9. The molecule has 9 heteroatoms. The Bertz CT molecular complexity index is 735. The number of allylic oxidation sites excluding steroid dienone is 1. The molecule has 1 atom stereocenters. The molecule has 0 aromatic heterocycles. The molecule has 0 N–H and O–H groups in total. The second-order valence-corrected chi connectivity index (χ2v) is 5.16. The van der Waals surface area contributed by atoms with Crippen LogP contribution in [-0.4, -0.2) is 48.5 Å². The van der Waals surface area contributed by atoms with Crippen molar-refractivity contribution in [2.45, 2.75) is 12.5 Å². The highest BCUT2D eigenvalue weighted by Gasteiger charge is 2.41. The fourth-order valence-corrected chi connectivity index (χ4v) is 2.58. The van der Waals surface area contributed by atoms with Crippen LogP contribution in [0.25, 0.3) is 0 Å². The molecule has 24 heavy (non-hydrogen) atoms. The van der Waals surface area contributed by atoms with Gasteiger partial charge in [0.2, 0.25) is 0 Å². The van der Waals surface area contributed by atoms with Crippen LogP contribution in [0.1, 0.15) is 20.7 Å². The molecule has 2 aliphatic heterocycles. The van der Waals surface area contributed by atoms with Gasteiger partial charge >= 0.3 is 6.36 Å². The summed E-state index contributed by atoms with van der Waals surface area (Å²) in [5.41, 5.74) is -0.195. The third kappa shape index (κ3) is 2.94. The summed E-state index contributed by atoms with van der Waals surface area (Å²) in [6.45, 7) is -1.09. The number of hydrogen-bond donors (Lipinski definition) is 0. The van der Waals surface area contributed by atoms with Gasteiger partial charge in [-0.2, -0.15) is 0 Å². The van der Waals surface area contributed by atoms with Crippen molar-refractivity contribution < 1.29 is 31.9 Å². The number of aliphatic imine (C=N–C) groups is 1. The lowest BCUT2D eigenvalue weighted by molar-refractivity contribution is -0.336. The monoisotopic (exact) mass is 342 g/mol. The number of hydrogen-bond acceptors (Lipinski definition) is 4. The van der Waals surface area contributed by atoms with E-state index in [1.54, 1.807) is 12.1 Å². The van der Waals surface area contributed by atoms with Crippen molar-refractivity contribution in [2.24, 2.45) is 4.99 Å². The Hall–Kier alpha value is -2.55. The van der Waals surface area contributed by atoms with Gasteiger partial charge in [0.25, 0.3) is 11.8 Å². The van der Waals surface area contributed by atoms with Crippen LogP contribution < -0.4 is 0 Å². The Morgan fingerprint density at radius 2 is 1.75 bits per heavy atom. The minimum Gasteiger partial charge on any atom is -0.287 e. The van der Waals surface area contributed by atoms with E-state index in [2.05, 4.69) is 9.73 Å². The number of benzene rings is 1. The molecule has 0 spiro atoms. The first-order valence-electron chi connectivity index (χ1n) is 6.86. The average molecular weight is 342 g/mol. The zero-order chi connectivity index (χ0) is 17.5. The van der Waals surface area contributed by atoms with Gasteiger partial charge in [-0.1, -0.05) is 12.1 Å². The molecule has 5 nitrogen and oxygen atoms in total. The van der Waals surface area contributed by atoms with E-state index in [0.29, 0.717) is 4.90 Å². The lowest BCUT2D eigenvalue weighted by atomic mass is 10.1. The van der Waals surface area contributed by atoms with Gasteiger partial charge in [-0.25, -0.2) is 4.39 Å². The summed E-state index contributed by atoms with van der Waals surface area (Å²) in [7, 11) is 0. The van der Waals surface area contributed by atoms with Crippen LogP contribution in [0.2, 0.25) is 0 Å². The maximum Gasteiger partial charge on any atom is 0.523 e. The molecule has 3 rings (SSSR count). The number of nitrogens with zero attached hydrogens (tertiary/aromatic N) is 2. The van der Waals surface area contributed by atoms with E-state index in [4.69, 9.17) is 0 Å². The van der Waals surface area contributed by atoms with Gasteiger partial charge < -0.3 is 0 Å². The van der Waals surface area contributed by atoms with E-state index < -0.39 is 48.8 Å². The number of carbonyl (C=O) groups is 2. The van der Waals surface area contributed by atoms with Crippen LogP contribution in [0.15, 0.2) is 40.7 Å². The van der Waals surface area contributed by atoms with Crippen LogP contribution in [0.5, 0.6) is 0 Å². The number of carbonyl (C=O) groups excluding carboxylic acids is 2. The molecule has 2 aliphatic rings. The molecular weight excluding hydrogens is 332 g/mol. The minimum absolute atomic E-state index is 0.126. The molecule has 1 aromatic rings. The fraction of sp³-hybridized carbons (Fsp3) is 0.267. The van der Waals surface area contributed by atoms with E-state index in [0.717, 1.165) is 6.21 Å². The molecular formula is C15H10F4N2O3. The van der Waals surface area contributed by atoms with Crippen LogP contribution >= 0.6 is 0 Å². The SMILES string of the molecule is O=C1c2ccccc2C(=O)N1CC1=C(F)C=NCC1OC(F)(F)F. The first-order chi connectivity index (χ1) is 11.3. The Morgan fingerprint density at radius 3 is 2.29 bits per heavy atom. The van der Waals surface area contributed by atoms with E-state index in [1.807, 2.05) is 0 Å². The summed E-state index contributed by atoms with van der Waals surface area (Å²) in [4.78, 5) is 28.6. The third-order valence-corrected chi connectivity index (χ3v) is 3.65. The quantitative estimate of drug-likeness (QED) is 0.626. The predicted molar refractivity (Wildman–Crippen MR) is 74.2 cm³/mol. The van der Waals surface area contributed by atoms with Gasteiger partial charge in [-0.15, -0.1) is 13.2 Å². The normalized spacial score (nSPS) is 20.8. The summed E-state index contributed by atoms with van der Waals surface area (Å²) < 4.78 is 55.2. The minimum atomic E-state index is -4.99. The molecule has 0 saturated carbocycles. The topological polar surface area (TPSA) is 59.0 Å². The second-order valence-electron chi connectivity index (χ2n) is 5.16. The standard InChI is InChI=1S/C15H10F4N2O3/c16-11-5-20-6-12(24-15(17,18)19)10(11)7-21-13(22)8-3-1-2-4-9(8)14(21)23/h1-5,12H,6-7H2. The van der Waals surface area contributed by atoms with Crippen molar-refractivity contribution in [3.8, 4) is 0 Å². The summed E-state index contributed by atoms with van der Waals surface area (Å²) >= 11 is 0. The smallest absolute Gasteiger partial charge is 0.287 e. The number of fused-ring (bicyclic) bond motifs is 1. The molecule has 0 aliphatic carbocycles. The molecule has 1 aromatic carbocycles. The molecule has 0 saturated heterocycles. The fourth-order valence-electron chi connectivity index (χ4n) is 2.58. The maximum atomic E-state index is 13.9. The highest BCUT2D eigenvalue weighted by atomic mass is 19.4. The van der Waals surface area contributed by atoms with Crippen LogP contribution in [0.4, 0.5) is 17.6 Å². The van der Waals surface area contributed by atoms with Gasteiger partial charge in [0.05, 0.1) is 30.4 Å². The van der Waals surface area contributed by atoms with Crippen molar-refractivity contribution in [2.75, 3.05) is 13.1 Å². The van der Waals surface area contributed by atoms with Crippen LogP contribution in [0.3, 0.4) is 0 Å². The van der Waals surface area contributed by atoms with E-state index >= 15 is 0 Å². The van der Waals surface area contributed by atoms with Crippen LogP contribution in [-0.2, 0) is 4.74 Å². The predicted octanol–water partition coefficient (Wildman–Crippen LogP) is 2.50. The highest BCUT2D eigenvalue weighted by molar-refractivity contribution is 6.21. The van der Waals surface area contributed by atoms with Gasteiger partial charge in [0.15, 0.2) is 0 Å². The van der Waals surface area contributed by atoms with E-state index in [-0.39, 0.29) is 11.1 Å². The lowest BCUT2D eigenvalue weighted by Crippen LogP contribution is -2.39. The number of dihydropyridines is 1. The van der Waals surface area contributed by atoms with Crippen molar-refractivity contribution in [1.82, 2.24) is 4.90 Å². The Labute approximate surface area is 133 Å². The van der Waals surface area contributed by atoms with Crippen molar-refractivity contribution in [3.05, 3.63) is 46.8 Å².